The Morgan fingerprint density at radius 1 is 1.09 bits per heavy atom. The molecule has 2 nitrogen and oxygen atoms in total. The Kier molecular flexibility index (Phi) is 6.02. The van der Waals surface area contributed by atoms with E-state index in [0.29, 0.717) is 25.3 Å². The molecule has 0 fully saturated rings. The molecule has 0 heterocycles. The molecule has 0 atom stereocenters. The summed E-state index contributed by atoms with van der Waals surface area (Å²) in [6, 6.07) is 13.9. The zero-order valence-electron chi connectivity index (χ0n) is 13.1. The van der Waals surface area contributed by atoms with Gasteiger partial charge in [-0.1, -0.05) is 29.8 Å². The first-order chi connectivity index (χ1) is 10.6. The van der Waals surface area contributed by atoms with Crippen molar-refractivity contribution in [2.24, 2.45) is 0 Å². The molecule has 0 unspecified atom stereocenters. The highest BCUT2D eigenvalue weighted by molar-refractivity contribution is 6.18. The average Bonchev–Trinajstić information content (AvgIpc) is 2.53. The van der Waals surface area contributed by atoms with E-state index in [-0.39, 0.29) is 5.78 Å². The lowest BCUT2D eigenvalue weighted by Crippen LogP contribution is -2.02. The number of hydrogen-bond donors (Lipinski definition) is 0. The molecule has 0 radical (unpaired) electrons. The molecule has 0 aromatic heterocycles. The summed E-state index contributed by atoms with van der Waals surface area (Å²) in [6.45, 7) is 4.55. The van der Waals surface area contributed by atoms with Crippen LogP contribution in [0.3, 0.4) is 0 Å². The van der Waals surface area contributed by atoms with Gasteiger partial charge in [-0.15, -0.1) is 11.6 Å². The second-order valence-electron chi connectivity index (χ2n) is 5.47. The summed E-state index contributed by atoms with van der Waals surface area (Å²) in [5, 5.41) is 0. The SMILES string of the molecule is Cc1ccc(COc2ccc(C(=O)CCCCl)cc2C)cc1. The molecule has 0 spiro atoms. The largest absolute Gasteiger partial charge is 0.489 e. The first kappa shape index (κ1) is 16.6. The summed E-state index contributed by atoms with van der Waals surface area (Å²) in [5.74, 6) is 1.46. The lowest BCUT2D eigenvalue weighted by atomic mass is 10.0. The molecule has 0 aliphatic carbocycles. The number of ether oxygens (including phenoxy) is 1. The second kappa shape index (κ2) is 8.00. The van der Waals surface area contributed by atoms with E-state index < -0.39 is 0 Å². The van der Waals surface area contributed by atoms with Crippen molar-refractivity contribution in [1.29, 1.82) is 0 Å². The molecular formula is C19H21ClO2. The Balaban J connectivity index is 2.00. The normalized spacial score (nSPS) is 10.5. The van der Waals surface area contributed by atoms with Gasteiger partial charge in [0.15, 0.2) is 5.78 Å². The maximum atomic E-state index is 12.0. The first-order valence-electron chi connectivity index (χ1n) is 7.48. The standard InChI is InChI=1S/C19H21ClO2/c1-14-5-7-16(8-6-14)13-22-19-10-9-17(12-15(19)2)18(21)4-3-11-20/h5-10,12H,3-4,11,13H2,1-2H3. The van der Waals surface area contributed by atoms with Crippen molar-refractivity contribution in [3.05, 3.63) is 64.7 Å². The van der Waals surface area contributed by atoms with Gasteiger partial charge in [-0.2, -0.15) is 0 Å². The molecule has 116 valence electrons. The Morgan fingerprint density at radius 2 is 1.82 bits per heavy atom. The molecule has 22 heavy (non-hydrogen) atoms. The molecule has 0 N–H and O–H groups in total. The van der Waals surface area contributed by atoms with Crippen LogP contribution >= 0.6 is 11.6 Å². The topological polar surface area (TPSA) is 26.3 Å². The summed E-state index contributed by atoms with van der Waals surface area (Å²) in [7, 11) is 0. The molecular weight excluding hydrogens is 296 g/mol. The molecule has 2 aromatic rings. The van der Waals surface area contributed by atoms with E-state index in [4.69, 9.17) is 16.3 Å². The number of hydrogen-bond acceptors (Lipinski definition) is 2. The summed E-state index contributed by atoms with van der Waals surface area (Å²) in [5.41, 5.74) is 4.07. The minimum Gasteiger partial charge on any atom is -0.489 e. The highest BCUT2D eigenvalue weighted by Gasteiger charge is 2.08. The smallest absolute Gasteiger partial charge is 0.162 e. The molecule has 3 heteroatoms. The third-order valence-corrected chi connectivity index (χ3v) is 3.82. The van der Waals surface area contributed by atoms with E-state index in [1.54, 1.807) is 0 Å². The van der Waals surface area contributed by atoms with Crippen LogP contribution in [0.1, 0.15) is 39.9 Å². The van der Waals surface area contributed by atoms with Crippen LogP contribution in [0.2, 0.25) is 0 Å². The third-order valence-electron chi connectivity index (χ3n) is 3.55. The van der Waals surface area contributed by atoms with E-state index in [9.17, 15) is 4.79 Å². The number of rotatable bonds is 7. The van der Waals surface area contributed by atoms with Crippen molar-refractivity contribution in [3.8, 4) is 5.75 Å². The summed E-state index contributed by atoms with van der Waals surface area (Å²) < 4.78 is 5.85. The van der Waals surface area contributed by atoms with Gasteiger partial charge < -0.3 is 4.74 Å². The lowest BCUT2D eigenvalue weighted by Gasteiger charge is -2.11. The molecule has 0 aliphatic rings. The van der Waals surface area contributed by atoms with E-state index in [2.05, 4.69) is 31.2 Å². The molecule has 0 aliphatic heterocycles. The molecule has 0 amide bonds. The van der Waals surface area contributed by atoms with Crippen LogP contribution < -0.4 is 4.74 Å². The number of Topliss-reactive ketones (excluding diaryl/α,β-unsaturated/α-hetero) is 1. The van der Waals surface area contributed by atoms with Crippen LogP contribution in [0.15, 0.2) is 42.5 Å². The third kappa shape index (κ3) is 4.60. The van der Waals surface area contributed by atoms with Crippen LogP contribution in [-0.4, -0.2) is 11.7 Å². The highest BCUT2D eigenvalue weighted by atomic mass is 35.5. The number of alkyl halides is 1. The van der Waals surface area contributed by atoms with Gasteiger partial charge in [0.25, 0.3) is 0 Å². The fraction of sp³-hybridized carbons (Fsp3) is 0.316. The van der Waals surface area contributed by atoms with Gasteiger partial charge in [0, 0.05) is 17.9 Å². The van der Waals surface area contributed by atoms with Crippen molar-refractivity contribution in [3.63, 3.8) is 0 Å². The zero-order chi connectivity index (χ0) is 15.9. The van der Waals surface area contributed by atoms with Crippen LogP contribution in [0.25, 0.3) is 0 Å². The molecule has 2 aromatic carbocycles. The monoisotopic (exact) mass is 316 g/mol. The summed E-state index contributed by atoms with van der Waals surface area (Å²) >= 11 is 5.63. The number of ketones is 1. The van der Waals surface area contributed by atoms with Crippen molar-refractivity contribution in [1.82, 2.24) is 0 Å². The Morgan fingerprint density at radius 3 is 2.45 bits per heavy atom. The van der Waals surface area contributed by atoms with Gasteiger partial charge in [0.1, 0.15) is 12.4 Å². The minimum absolute atomic E-state index is 0.133. The number of aryl methyl sites for hydroxylation is 2. The molecule has 0 saturated carbocycles. The van der Waals surface area contributed by atoms with Crippen LogP contribution in [0.5, 0.6) is 5.75 Å². The zero-order valence-corrected chi connectivity index (χ0v) is 13.8. The Hall–Kier alpha value is -1.80. The van der Waals surface area contributed by atoms with Crippen molar-refractivity contribution < 1.29 is 9.53 Å². The van der Waals surface area contributed by atoms with Crippen molar-refractivity contribution in [2.45, 2.75) is 33.3 Å². The van der Waals surface area contributed by atoms with Gasteiger partial charge >= 0.3 is 0 Å². The first-order valence-corrected chi connectivity index (χ1v) is 8.02. The van der Waals surface area contributed by atoms with Gasteiger partial charge in [-0.3, -0.25) is 4.79 Å². The summed E-state index contributed by atoms with van der Waals surface area (Å²) in [6.07, 6.45) is 1.21. The van der Waals surface area contributed by atoms with Crippen LogP contribution in [0, 0.1) is 13.8 Å². The fourth-order valence-electron chi connectivity index (χ4n) is 2.20. The molecule has 0 saturated heterocycles. The van der Waals surface area contributed by atoms with E-state index in [0.717, 1.165) is 22.4 Å². The van der Waals surface area contributed by atoms with Gasteiger partial charge in [-0.05, 0) is 49.6 Å². The van der Waals surface area contributed by atoms with Crippen molar-refractivity contribution in [2.75, 3.05) is 5.88 Å². The van der Waals surface area contributed by atoms with E-state index in [1.807, 2.05) is 25.1 Å². The number of halogens is 1. The number of benzene rings is 2. The Bertz CT molecular complexity index is 632. The predicted octanol–water partition coefficient (Wildman–Crippen LogP) is 5.08. The van der Waals surface area contributed by atoms with E-state index in [1.165, 1.54) is 5.56 Å². The van der Waals surface area contributed by atoms with Gasteiger partial charge in [0.2, 0.25) is 0 Å². The lowest BCUT2D eigenvalue weighted by molar-refractivity contribution is 0.0982. The average molecular weight is 317 g/mol. The maximum Gasteiger partial charge on any atom is 0.162 e. The van der Waals surface area contributed by atoms with E-state index >= 15 is 0 Å². The summed E-state index contributed by atoms with van der Waals surface area (Å²) in [4.78, 5) is 12.0. The van der Waals surface area contributed by atoms with Gasteiger partial charge in [0.05, 0.1) is 0 Å². The van der Waals surface area contributed by atoms with Crippen molar-refractivity contribution >= 4 is 17.4 Å². The second-order valence-corrected chi connectivity index (χ2v) is 5.85. The fourth-order valence-corrected chi connectivity index (χ4v) is 2.34. The Labute approximate surface area is 137 Å². The molecule has 2 rings (SSSR count). The highest BCUT2D eigenvalue weighted by Crippen LogP contribution is 2.21. The van der Waals surface area contributed by atoms with Gasteiger partial charge in [-0.25, -0.2) is 0 Å². The maximum absolute atomic E-state index is 12.0. The number of carbonyl (C=O) groups excluding carboxylic acids is 1. The quantitative estimate of drug-likeness (QED) is 0.525. The van der Waals surface area contributed by atoms with Crippen LogP contribution in [0.4, 0.5) is 0 Å². The number of carbonyl (C=O) groups is 1. The predicted molar refractivity (Wildman–Crippen MR) is 91.0 cm³/mol. The van der Waals surface area contributed by atoms with Crippen LogP contribution in [-0.2, 0) is 6.61 Å². The molecule has 0 bridgehead atoms. The minimum atomic E-state index is 0.133.